The Morgan fingerprint density at radius 3 is 2.08 bits per heavy atom. The normalized spacial score (nSPS) is 11.5. The summed E-state index contributed by atoms with van der Waals surface area (Å²) in [6.45, 7) is 4.13. The molecule has 0 saturated heterocycles. The van der Waals surface area contributed by atoms with Crippen molar-refractivity contribution in [2.24, 2.45) is 0 Å². The third kappa shape index (κ3) is 5.81. The van der Waals surface area contributed by atoms with E-state index in [4.69, 9.17) is 5.11 Å². The van der Waals surface area contributed by atoms with Gasteiger partial charge < -0.3 is 10.4 Å². The molecule has 0 aromatic heterocycles. The minimum atomic E-state index is -0.859. The number of nitrogens with one attached hydrogen (secondary N) is 1. The number of benzene rings is 2. The second-order valence-corrected chi connectivity index (χ2v) is 6.01. The van der Waals surface area contributed by atoms with Crippen LogP contribution in [0, 0.1) is 11.6 Å². The Kier molecular flexibility index (Phi) is 9.30. The number of carboxylic acids is 1. The van der Waals surface area contributed by atoms with Crippen LogP contribution in [-0.2, 0) is 17.6 Å². The van der Waals surface area contributed by atoms with Gasteiger partial charge in [-0.2, -0.15) is 12.6 Å². The Labute approximate surface area is 158 Å². The quantitative estimate of drug-likeness (QED) is 0.652. The van der Waals surface area contributed by atoms with Crippen molar-refractivity contribution in [2.45, 2.75) is 32.7 Å². The molecule has 0 heterocycles. The molecule has 0 unspecified atom stereocenters. The summed E-state index contributed by atoms with van der Waals surface area (Å²) >= 11 is 3.79. The third-order valence-corrected chi connectivity index (χ3v) is 4.41. The Hall–Kier alpha value is -1.92. The zero-order chi connectivity index (χ0) is 19.7. The van der Waals surface area contributed by atoms with E-state index in [9.17, 15) is 13.6 Å². The average molecular weight is 381 g/mol. The highest BCUT2D eigenvalue weighted by Gasteiger charge is 2.12. The molecule has 0 aliphatic carbocycles. The number of halogens is 2. The summed E-state index contributed by atoms with van der Waals surface area (Å²) in [6.07, 6.45) is 1.80. The van der Waals surface area contributed by atoms with Gasteiger partial charge in [0.05, 0.1) is 5.56 Å². The van der Waals surface area contributed by atoms with E-state index in [1.165, 1.54) is 23.8 Å². The van der Waals surface area contributed by atoms with Crippen molar-refractivity contribution in [3.05, 3.63) is 59.2 Å². The molecular formula is C20H25F2NO2S. The lowest BCUT2D eigenvalue weighted by atomic mass is 9.96. The maximum absolute atomic E-state index is 13.7. The first-order valence-corrected chi connectivity index (χ1v) is 9.09. The second kappa shape index (κ2) is 10.9. The summed E-state index contributed by atoms with van der Waals surface area (Å²) in [5.41, 5.74) is 3.06. The summed E-state index contributed by atoms with van der Waals surface area (Å²) < 4.78 is 27.4. The van der Waals surface area contributed by atoms with Gasteiger partial charge in [-0.3, -0.25) is 4.79 Å². The summed E-state index contributed by atoms with van der Waals surface area (Å²) in [7, 11) is 1.59. The number of aliphatic carboxylic acids is 1. The number of rotatable bonds is 6. The summed E-state index contributed by atoms with van der Waals surface area (Å²) in [6, 6.07) is 9.09. The maximum Gasteiger partial charge on any atom is 0.321 e. The van der Waals surface area contributed by atoms with Gasteiger partial charge in [-0.05, 0) is 48.7 Å². The molecule has 2 aromatic rings. The van der Waals surface area contributed by atoms with Crippen LogP contribution in [0.1, 0.15) is 25.0 Å². The molecule has 0 amide bonds. The predicted octanol–water partition coefficient (Wildman–Crippen LogP) is 4.35. The maximum atomic E-state index is 13.7. The van der Waals surface area contributed by atoms with Crippen LogP contribution in [0.3, 0.4) is 0 Å². The van der Waals surface area contributed by atoms with E-state index in [1.54, 1.807) is 13.1 Å². The number of carbonyl (C=O) groups is 1. The topological polar surface area (TPSA) is 49.3 Å². The molecule has 1 atom stereocenters. The smallest absolute Gasteiger partial charge is 0.321 e. The first-order chi connectivity index (χ1) is 12.4. The van der Waals surface area contributed by atoms with Crippen LogP contribution in [0.15, 0.2) is 36.4 Å². The van der Waals surface area contributed by atoms with Crippen LogP contribution in [0.5, 0.6) is 0 Å². The highest BCUT2D eigenvalue weighted by molar-refractivity contribution is 7.80. The fourth-order valence-corrected chi connectivity index (χ4v) is 2.86. The van der Waals surface area contributed by atoms with Gasteiger partial charge in [-0.25, -0.2) is 8.78 Å². The van der Waals surface area contributed by atoms with Crippen molar-refractivity contribution in [3.8, 4) is 11.1 Å². The molecule has 0 radical (unpaired) electrons. The minimum absolute atomic E-state index is 0.0647. The fourth-order valence-electron chi connectivity index (χ4n) is 2.52. The molecule has 0 spiro atoms. The standard InChI is InChI=1S/C16H16F2.C4H9NO2S/c1-3-11-8-9-13(10-12(11)4-2)16-14(17)6-5-7-15(16)18;1-5-3(2-8)4(6)7/h5-10H,3-4H2,1-2H3;3,5,8H,2H2,1H3,(H,6,7)/t;3-/m.0/s1. The highest BCUT2D eigenvalue weighted by atomic mass is 32.1. The molecule has 3 nitrogen and oxygen atoms in total. The first-order valence-electron chi connectivity index (χ1n) is 8.46. The Morgan fingerprint density at radius 1 is 1.12 bits per heavy atom. The molecule has 2 aromatic carbocycles. The zero-order valence-electron chi connectivity index (χ0n) is 15.2. The van der Waals surface area contributed by atoms with Crippen molar-refractivity contribution in [1.82, 2.24) is 5.32 Å². The lowest BCUT2D eigenvalue weighted by Gasteiger charge is -2.10. The molecule has 0 aliphatic rings. The molecule has 0 fully saturated rings. The third-order valence-electron chi connectivity index (χ3n) is 4.05. The van der Waals surface area contributed by atoms with Gasteiger partial charge in [-0.1, -0.05) is 38.1 Å². The number of likely N-dealkylation sites (N-methyl/N-ethyl adjacent to an activating group) is 1. The average Bonchev–Trinajstić information content (AvgIpc) is 2.62. The monoisotopic (exact) mass is 381 g/mol. The second-order valence-electron chi connectivity index (χ2n) is 5.65. The van der Waals surface area contributed by atoms with Crippen LogP contribution in [0.4, 0.5) is 8.78 Å². The van der Waals surface area contributed by atoms with E-state index < -0.39 is 23.6 Å². The molecule has 0 aliphatic heterocycles. The van der Waals surface area contributed by atoms with Gasteiger partial charge in [-0.15, -0.1) is 0 Å². The highest BCUT2D eigenvalue weighted by Crippen LogP contribution is 2.28. The van der Waals surface area contributed by atoms with Gasteiger partial charge in [0.1, 0.15) is 17.7 Å². The van der Waals surface area contributed by atoms with E-state index >= 15 is 0 Å². The molecule has 142 valence electrons. The van der Waals surface area contributed by atoms with Gasteiger partial charge in [0.25, 0.3) is 0 Å². The first kappa shape index (κ1) is 22.1. The van der Waals surface area contributed by atoms with Crippen LogP contribution in [-0.4, -0.2) is 29.9 Å². The predicted molar refractivity (Wildman–Crippen MR) is 105 cm³/mol. The number of thiol groups is 1. The van der Waals surface area contributed by atoms with Crippen molar-refractivity contribution >= 4 is 18.6 Å². The van der Waals surface area contributed by atoms with Crippen molar-refractivity contribution in [2.75, 3.05) is 12.8 Å². The summed E-state index contributed by atoms with van der Waals surface area (Å²) in [5.74, 6) is -1.56. The van der Waals surface area contributed by atoms with E-state index in [0.29, 0.717) is 11.3 Å². The largest absolute Gasteiger partial charge is 0.480 e. The minimum Gasteiger partial charge on any atom is -0.480 e. The van der Waals surface area contributed by atoms with Crippen molar-refractivity contribution < 1.29 is 18.7 Å². The number of aryl methyl sites for hydroxylation is 2. The Bertz CT molecular complexity index is 713. The van der Waals surface area contributed by atoms with E-state index in [2.05, 4.69) is 31.8 Å². The molecule has 0 saturated carbocycles. The Morgan fingerprint density at radius 2 is 1.69 bits per heavy atom. The van der Waals surface area contributed by atoms with Crippen LogP contribution >= 0.6 is 12.6 Å². The van der Waals surface area contributed by atoms with E-state index in [0.717, 1.165) is 18.4 Å². The Balaban J connectivity index is 0.000000359. The summed E-state index contributed by atoms with van der Waals surface area (Å²) in [5, 5.41) is 10.8. The van der Waals surface area contributed by atoms with Crippen LogP contribution in [0.2, 0.25) is 0 Å². The summed E-state index contributed by atoms with van der Waals surface area (Å²) in [4.78, 5) is 10.1. The lowest BCUT2D eigenvalue weighted by molar-refractivity contribution is -0.138. The lowest BCUT2D eigenvalue weighted by Crippen LogP contribution is -2.35. The van der Waals surface area contributed by atoms with Crippen molar-refractivity contribution in [3.63, 3.8) is 0 Å². The number of hydrogen-bond donors (Lipinski definition) is 3. The van der Waals surface area contributed by atoms with Crippen LogP contribution in [0.25, 0.3) is 11.1 Å². The molecule has 6 heteroatoms. The molecule has 2 rings (SSSR count). The van der Waals surface area contributed by atoms with Gasteiger partial charge in [0.2, 0.25) is 0 Å². The van der Waals surface area contributed by atoms with E-state index in [-0.39, 0.29) is 5.56 Å². The molecule has 0 bridgehead atoms. The zero-order valence-corrected chi connectivity index (χ0v) is 16.1. The number of hydrogen-bond acceptors (Lipinski definition) is 3. The van der Waals surface area contributed by atoms with Gasteiger partial charge >= 0.3 is 5.97 Å². The van der Waals surface area contributed by atoms with E-state index in [1.807, 2.05) is 12.1 Å². The van der Waals surface area contributed by atoms with Gasteiger partial charge in [0.15, 0.2) is 0 Å². The molecule has 2 N–H and O–H groups in total. The van der Waals surface area contributed by atoms with Crippen molar-refractivity contribution in [1.29, 1.82) is 0 Å². The van der Waals surface area contributed by atoms with Crippen LogP contribution < -0.4 is 5.32 Å². The molecule has 26 heavy (non-hydrogen) atoms. The fraction of sp³-hybridized carbons (Fsp3) is 0.350. The molecular weight excluding hydrogens is 356 g/mol. The SMILES string of the molecule is CCc1ccc(-c2c(F)cccc2F)cc1CC.CN[C@@H](CS)C(=O)O. The number of carboxylic acid groups (broad SMARTS) is 1. The van der Waals surface area contributed by atoms with Gasteiger partial charge in [0, 0.05) is 5.75 Å².